The van der Waals surface area contributed by atoms with E-state index < -0.39 is 0 Å². The summed E-state index contributed by atoms with van der Waals surface area (Å²) >= 11 is 0. The summed E-state index contributed by atoms with van der Waals surface area (Å²) in [7, 11) is 0. The molecule has 2 saturated heterocycles. The molecule has 26 heavy (non-hydrogen) atoms. The minimum absolute atomic E-state index is 0.700. The number of fused-ring (bicyclic) bond motifs is 1. The average Bonchev–Trinajstić information content (AvgIpc) is 3.16. The van der Waals surface area contributed by atoms with Crippen LogP contribution in [0.5, 0.6) is 0 Å². The highest BCUT2D eigenvalue weighted by atomic mass is 15.3. The number of piperazine rings is 1. The Morgan fingerprint density at radius 1 is 1.04 bits per heavy atom. The van der Waals surface area contributed by atoms with Crippen molar-refractivity contribution in [3.63, 3.8) is 0 Å². The smallest absolute Gasteiger partial charge is 0.0726 e. The third kappa shape index (κ3) is 3.21. The van der Waals surface area contributed by atoms with Gasteiger partial charge in [0.05, 0.1) is 11.2 Å². The highest BCUT2D eigenvalue weighted by Crippen LogP contribution is 2.35. The molecule has 1 unspecified atom stereocenters. The Hall–Kier alpha value is -1.65. The van der Waals surface area contributed by atoms with Gasteiger partial charge in [-0.3, -0.25) is 9.88 Å². The second-order valence-electron chi connectivity index (χ2n) is 7.75. The molecule has 3 heterocycles. The van der Waals surface area contributed by atoms with Gasteiger partial charge in [0.2, 0.25) is 0 Å². The molecule has 0 amide bonds. The largest absolute Gasteiger partial charge is 0.369 e. The summed E-state index contributed by atoms with van der Waals surface area (Å²) in [6.45, 7) is 15.1. The fraction of sp³-hybridized carbons (Fsp3) is 0.591. The van der Waals surface area contributed by atoms with Crippen LogP contribution < -0.4 is 4.90 Å². The van der Waals surface area contributed by atoms with Crippen LogP contribution in [0.25, 0.3) is 10.9 Å². The van der Waals surface area contributed by atoms with E-state index in [1.54, 1.807) is 0 Å². The molecule has 4 nitrogen and oxygen atoms in total. The van der Waals surface area contributed by atoms with Crippen molar-refractivity contribution in [3.8, 4) is 0 Å². The summed E-state index contributed by atoms with van der Waals surface area (Å²) in [5, 5.41) is 1.33. The Kier molecular flexibility index (Phi) is 5.14. The standard InChI is InChI=1S/C22H32N4/c1-4-19-17(3)23-21-9-7-6-8-20(21)22(19)26-11-10-18(16-26)25-14-12-24(5-2)13-15-25/h6-9,18H,4-5,10-16H2,1-3H3. The number of hydrogen-bond acceptors (Lipinski definition) is 4. The molecular weight excluding hydrogens is 320 g/mol. The lowest BCUT2D eigenvalue weighted by Crippen LogP contribution is -2.50. The first-order valence-corrected chi connectivity index (χ1v) is 10.3. The maximum Gasteiger partial charge on any atom is 0.0726 e. The minimum Gasteiger partial charge on any atom is -0.369 e. The quantitative estimate of drug-likeness (QED) is 0.842. The van der Waals surface area contributed by atoms with Crippen LogP contribution in [0.1, 0.15) is 31.5 Å². The molecule has 2 aromatic rings. The van der Waals surface area contributed by atoms with Crippen molar-refractivity contribution >= 4 is 16.6 Å². The van der Waals surface area contributed by atoms with Crippen LogP contribution in [-0.2, 0) is 6.42 Å². The second kappa shape index (κ2) is 7.53. The van der Waals surface area contributed by atoms with E-state index in [1.165, 1.54) is 68.0 Å². The lowest BCUT2D eigenvalue weighted by atomic mass is 10.0. The first-order chi connectivity index (χ1) is 12.7. The van der Waals surface area contributed by atoms with Gasteiger partial charge in [0.25, 0.3) is 0 Å². The van der Waals surface area contributed by atoms with Crippen LogP contribution in [0, 0.1) is 6.92 Å². The zero-order chi connectivity index (χ0) is 18.1. The summed E-state index contributed by atoms with van der Waals surface area (Å²) in [4.78, 5) is 12.8. The Labute approximate surface area is 157 Å². The van der Waals surface area contributed by atoms with Gasteiger partial charge in [-0.2, -0.15) is 0 Å². The zero-order valence-electron chi connectivity index (χ0n) is 16.5. The van der Waals surface area contributed by atoms with Gasteiger partial charge in [0.1, 0.15) is 0 Å². The number of aromatic nitrogens is 1. The van der Waals surface area contributed by atoms with Crippen molar-refractivity contribution in [2.75, 3.05) is 50.7 Å². The number of para-hydroxylation sites is 1. The molecule has 2 aliphatic heterocycles. The molecular formula is C22H32N4. The van der Waals surface area contributed by atoms with Crippen molar-refractivity contribution in [3.05, 3.63) is 35.5 Å². The summed E-state index contributed by atoms with van der Waals surface area (Å²) in [5.74, 6) is 0. The fourth-order valence-electron chi connectivity index (χ4n) is 4.83. The van der Waals surface area contributed by atoms with Crippen molar-refractivity contribution in [2.24, 2.45) is 0 Å². The van der Waals surface area contributed by atoms with Crippen LogP contribution in [0.3, 0.4) is 0 Å². The van der Waals surface area contributed by atoms with E-state index in [9.17, 15) is 0 Å². The molecule has 0 bridgehead atoms. The number of nitrogens with zero attached hydrogens (tertiary/aromatic N) is 4. The van der Waals surface area contributed by atoms with Gasteiger partial charge in [-0.25, -0.2) is 0 Å². The Morgan fingerprint density at radius 2 is 1.81 bits per heavy atom. The minimum atomic E-state index is 0.700. The predicted octanol–water partition coefficient (Wildman–Crippen LogP) is 3.32. The summed E-state index contributed by atoms with van der Waals surface area (Å²) in [6, 6.07) is 9.36. The van der Waals surface area contributed by atoms with Crippen molar-refractivity contribution < 1.29 is 0 Å². The summed E-state index contributed by atoms with van der Waals surface area (Å²) in [5.41, 5.74) is 5.21. The van der Waals surface area contributed by atoms with Gasteiger partial charge in [-0.15, -0.1) is 0 Å². The van der Waals surface area contributed by atoms with Crippen LogP contribution in [0.4, 0.5) is 5.69 Å². The molecule has 140 valence electrons. The average molecular weight is 353 g/mol. The number of likely N-dealkylation sites (N-methyl/N-ethyl adjacent to an activating group) is 1. The Bertz CT molecular complexity index is 764. The van der Waals surface area contributed by atoms with Gasteiger partial charge in [0, 0.05) is 56.4 Å². The van der Waals surface area contributed by atoms with Crippen molar-refractivity contribution in [1.82, 2.24) is 14.8 Å². The first kappa shape index (κ1) is 17.7. The predicted molar refractivity (Wildman–Crippen MR) is 110 cm³/mol. The van der Waals surface area contributed by atoms with E-state index in [-0.39, 0.29) is 0 Å². The maximum absolute atomic E-state index is 4.86. The number of benzene rings is 1. The molecule has 0 saturated carbocycles. The monoisotopic (exact) mass is 352 g/mol. The molecule has 0 radical (unpaired) electrons. The second-order valence-corrected chi connectivity index (χ2v) is 7.75. The molecule has 1 aromatic carbocycles. The lowest BCUT2D eigenvalue weighted by Gasteiger charge is -2.37. The molecule has 1 atom stereocenters. The first-order valence-electron chi connectivity index (χ1n) is 10.3. The highest BCUT2D eigenvalue weighted by Gasteiger charge is 2.31. The Balaban J connectivity index is 1.59. The molecule has 0 spiro atoms. The molecule has 1 aromatic heterocycles. The van der Waals surface area contributed by atoms with Crippen LogP contribution >= 0.6 is 0 Å². The number of rotatable bonds is 4. The fourth-order valence-corrected chi connectivity index (χ4v) is 4.83. The third-order valence-corrected chi connectivity index (χ3v) is 6.37. The van der Waals surface area contributed by atoms with Gasteiger partial charge in [0.15, 0.2) is 0 Å². The summed E-state index contributed by atoms with van der Waals surface area (Å²) < 4.78 is 0. The van der Waals surface area contributed by atoms with Crippen LogP contribution in [0.15, 0.2) is 24.3 Å². The van der Waals surface area contributed by atoms with Gasteiger partial charge in [-0.05, 0) is 37.9 Å². The number of anilines is 1. The van der Waals surface area contributed by atoms with E-state index in [0.717, 1.165) is 18.5 Å². The van der Waals surface area contributed by atoms with E-state index in [2.05, 4.69) is 59.7 Å². The molecule has 4 heteroatoms. The molecule has 2 aliphatic rings. The SMILES string of the molecule is CCc1c(C)nc2ccccc2c1N1CCC(N2CCN(CC)CC2)C1. The van der Waals surface area contributed by atoms with E-state index in [4.69, 9.17) is 4.98 Å². The van der Waals surface area contributed by atoms with E-state index in [1.807, 2.05) is 0 Å². The third-order valence-electron chi connectivity index (χ3n) is 6.37. The van der Waals surface area contributed by atoms with Crippen LogP contribution in [0.2, 0.25) is 0 Å². The number of pyridine rings is 1. The molecule has 2 fully saturated rings. The van der Waals surface area contributed by atoms with Crippen LogP contribution in [-0.4, -0.2) is 66.6 Å². The molecule has 4 rings (SSSR count). The highest BCUT2D eigenvalue weighted by molar-refractivity contribution is 5.94. The van der Waals surface area contributed by atoms with Gasteiger partial charge in [-0.1, -0.05) is 32.0 Å². The molecule has 0 N–H and O–H groups in total. The number of hydrogen-bond donors (Lipinski definition) is 0. The maximum atomic E-state index is 4.86. The molecule has 0 aliphatic carbocycles. The van der Waals surface area contributed by atoms with Gasteiger partial charge < -0.3 is 9.80 Å². The summed E-state index contributed by atoms with van der Waals surface area (Å²) in [6.07, 6.45) is 2.33. The van der Waals surface area contributed by atoms with Crippen molar-refractivity contribution in [2.45, 2.75) is 39.7 Å². The zero-order valence-corrected chi connectivity index (χ0v) is 16.5. The van der Waals surface area contributed by atoms with E-state index >= 15 is 0 Å². The lowest BCUT2D eigenvalue weighted by molar-refractivity contribution is 0.107. The van der Waals surface area contributed by atoms with Gasteiger partial charge >= 0.3 is 0 Å². The Morgan fingerprint density at radius 3 is 2.54 bits per heavy atom. The van der Waals surface area contributed by atoms with E-state index in [0.29, 0.717) is 6.04 Å². The van der Waals surface area contributed by atoms with Crippen molar-refractivity contribution in [1.29, 1.82) is 0 Å². The number of aryl methyl sites for hydroxylation is 1. The normalized spacial score (nSPS) is 22.4. The topological polar surface area (TPSA) is 22.6 Å².